The van der Waals surface area contributed by atoms with Gasteiger partial charge in [0.05, 0.1) is 0 Å². The molecule has 0 saturated heterocycles. The number of hydrogen-bond acceptors (Lipinski definition) is 1. The Hall–Kier alpha value is -1.68. The molecule has 0 amide bonds. The average Bonchev–Trinajstić information content (AvgIpc) is 2.76. The standard InChI is InChI=1S/C18H23N/c1-5-9-17-18(14(4)12-13(3)6-2)15-10-7-8-11-16(15)19-17/h2,7-8,10-11,14,17-19H,3,5,9,12H2,1,4H3. The van der Waals surface area contributed by atoms with Gasteiger partial charge in [-0.25, -0.2) is 0 Å². The van der Waals surface area contributed by atoms with E-state index in [0.717, 1.165) is 12.0 Å². The SMILES string of the molecule is C#CC(=C)CC(C)C1c2ccccc2NC1CCC. The number of nitrogens with one attached hydrogen (secondary N) is 1. The minimum absolute atomic E-state index is 0.524. The van der Waals surface area contributed by atoms with Crippen molar-refractivity contribution in [2.24, 2.45) is 5.92 Å². The Bertz CT molecular complexity index is 495. The molecule has 3 unspecified atom stereocenters. The van der Waals surface area contributed by atoms with E-state index in [4.69, 9.17) is 6.42 Å². The third-order valence-corrected chi connectivity index (χ3v) is 4.08. The van der Waals surface area contributed by atoms with Gasteiger partial charge in [0.15, 0.2) is 0 Å². The molecule has 1 aliphatic rings. The van der Waals surface area contributed by atoms with Gasteiger partial charge in [-0.3, -0.25) is 0 Å². The molecule has 0 spiro atoms. The highest BCUT2D eigenvalue weighted by molar-refractivity contribution is 5.59. The molecule has 0 aromatic heterocycles. The third-order valence-electron chi connectivity index (χ3n) is 4.08. The van der Waals surface area contributed by atoms with Gasteiger partial charge in [0.2, 0.25) is 0 Å². The lowest BCUT2D eigenvalue weighted by molar-refractivity contribution is 0.408. The van der Waals surface area contributed by atoms with Crippen molar-refractivity contribution in [3.05, 3.63) is 42.0 Å². The zero-order valence-electron chi connectivity index (χ0n) is 11.9. The van der Waals surface area contributed by atoms with Crippen molar-refractivity contribution < 1.29 is 0 Å². The molecule has 100 valence electrons. The Morgan fingerprint density at radius 3 is 2.89 bits per heavy atom. The van der Waals surface area contributed by atoms with Crippen molar-refractivity contribution >= 4 is 5.69 Å². The molecule has 0 aliphatic carbocycles. The molecule has 2 rings (SSSR count). The Morgan fingerprint density at radius 1 is 1.47 bits per heavy atom. The quantitative estimate of drug-likeness (QED) is 0.757. The Labute approximate surface area is 117 Å². The molecular weight excluding hydrogens is 230 g/mol. The highest BCUT2D eigenvalue weighted by Gasteiger charge is 2.34. The van der Waals surface area contributed by atoms with E-state index in [9.17, 15) is 0 Å². The van der Waals surface area contributed by atoms with Crippen LogP contribution in [-0.2, 0) is 0 Å². The normalized spacial score (nSPS) is 22.2. The van der Waals surface area contributed by atoms with E-state index in [1.165, 1.54) is 24.1 Å². The summed E-state index contributed by atoms with van der Waals surface area (Å²) in [5.41, 5.74) is 3.65. The molecule has 1 aromatic carbocycles. The summed E-state index contributed by atoms with van der Waals surface area (Å²) in [5.74, 6) is 3.74. The van der Waals surface area contributed by atoms with Crippen molar-refractivity contribution in [2.45, 2.75) is 45.1 Å². The van der Waals surface area contributed by atoms with Crippen molar-refractivity contribution in [3.8, 4) is 12.3 Å². The second-order valence-electron chi connectivity index (χ2n) is 5.58. The highest BCUT2D eigenvalue weighted by atomic mass is 15.0. The van der Waals surface area contributed by atoms with E-state index >= 15 is 0 Å². The van der Waals surface area contributed by atoms with Crippen LogP contribution in [0.1, 0.15) is 44.6 Å². The first-order valence-electron chi connectivity index (χ1n) is 7.17. The molecule has 0 saturated carbocycles. The molecule has 19 heavy (non-hydrogen) atoms. The summed E-state index contributed by atoms with van der Waals surface area (Å²) < 4.78 is 0. The molecule has 1 aliphatic heterocycles. The average molecular weight is 253 g/mol. The lowest BCUT2D eigenvalue weighted by Crippen LogP contribution is -2.25. The summed E-state index contributed by atoms with van der Waals surface area (Å²) in [6.07, 6.45) is 8.76. The van der Waals surface area contributed by atoms with Gasteiger partial charge in [0.1, 0.15) is 0 Å². The van der Waals surface area contributed by atoms with Crippen molar-refractivity contribution in [3.63, 3.8) is 0 Å². The van der Waals surface area contributed by atoms with Gasteiger partial charge < -0.3 is 5.32 Å². The zero-order valence-corrected chi connectivity index (χ0v) is 11.9. The smallest absolute Gasteiger partial charge is 0.0378 e. The lowest BCUT2D eigenvalue weighted by Gasteiger charge is -2.26. The number of rotatable bonds is 5. The van der Waals surface area contributed by atoms with Crippen LogP contribution in [0, 0.1) is 18.3 Å². The second kappa shape index (κ2) is 5.97. The van der Waals surface area contributed by atoms with Crippen LogP contribution >= 0.6 is 0 Å². The topological polar surface area (TPSA) is 12.0 Å². The Kier molecular flexibility index (Phi) is 4.32. The van der Waals surface area contributed by atoms with Crippen LogP contribution < -0.4 is 5.32 Å². The van der Waals surface area contributed by atoms with E-state index in [-0.39, 0.29) is 0 Å². The fraction of sp³-hybridized carbons (Fsp3) is 0.444. The van der Waals surface area contributed by atoms with Crippen LogP contribution in [0.3, 0.4) is 0 Å². The summed E-state index contributed by atoms with van der Waals surface area (Å²) in [5, 5.41) is 3.68. The number of allylic oxidation sites excluding steroid dienone is 1. The summed E-state index contributed by atoms with van der Waals surface area (Å²) in [7, 11) is 0. The molecular formula is C18H23N. The van der Waals surface area contributed by atoms with Crippen LogP contribution in [0.5, 0.6) is 0 Å². The van der Waals surface area contributed by atoms with Crippen molar-refractivity contribution in [1.29, 1.82) is 0 Å². The lowest BCUT2D eigenvalue weighted by atomic mass is 9.79. The van der Waals surface area contributed by atoms with Crippen LogP contribution in [0.4, 0.5) is 5.69 Å². The minimum Gasteiger partial charge on any atom is -0.381 e. The first kappa shape index (κ1) is 13.7. The second-order valence-corrected chi connectivity index (χ2v) is 5.58. The summed E-state index contributed by atoms with van der Waals surface area (Å²) in [6, 6.07) is 9.19. The number of fused-ring (bicyclic) bond motifs is 1. The van der Waals surface area contributed by atoms with Crippen LogP contribution in [-0.4, -0.2) is 6.04 Å². The maximum atomic E-state index is 5.44. The first-order valence-corrected chi connectivity index (χ1v) is 7.17. The molecule has 1 heteroatoms. The number of benzene rings is 1. The highest BCUT2D eigenvalue weighted by Crippen LogP contribution is 2.43. The maximum Gasteiger partial charge on any atom is 0.0378 e. The fourth-order valence-corrected chi connectivity index (χ4v) is 3.27. The number of para-hydroxylation sites is 1. The number of terminal acetylenes is 1. The van der Waals surface area contributed by atoms with Gasteiger partial charge in [-0.2, -0.15) is 0 Å². The van der Waals surface area contributed by atoms with E-state index in [1.807, 2.05) is 0 Å². The van der Waals surface area contributed by atoms with Crippen molar-refractivity contribution in [2.75, 3.05) is 5.32 Å². The summed E-state index contributed by atoms with van der Waals surface area (Å²) in [6.45, 7) is 8.49. The molecule has 0 bridgehead atoms. The molecule has 0 fully saturated rings. The van der Waals surface area contributed by atoms with Gasteiger partial charge in [-0.05, 0) is 36.0 Å². The molecule has 1 N–H and O–H groups in total. The predicted molar refractivity (Wildman–Crippen MR) is 83.3 cm³/mol. The number of hydrogen-bond donors (Lipinski definition) is 1. The molecule has 0 radical (unpaired) electrons. The molecule has 1 heterocycles. The van der Waals surface area contributed by atoms with E-state index in [0.29, 0.717) is 17.9 Å². The first-order chi connectivity index (χ1) is 9.17. The Morgan fingerprint density at radius 2 is 2.21 bits per heavy atom. The predicted octanol–water partition coefficient (Wildman–Crippen LogP) is 4.58. The van der Waals surface area contributed by atoms with E-state index in [1.54, 1.807) is 0 Å². The largest absolute Gasteiger partial charge is 0.381 e. The van der Waals surface area contributed by atoms with Gasteiger partial charge in [0, 0.05) is 17.6 Å². The van der Waals surface area contributed by atoms with Gasteiger partial charge in [-0.15, -0.1) is 6.42 Å². The van der Waals surface area contributed by atoms with E-state index in [2.05, 4.69) is 55.9 Å². The van der Waals surface area contributed by atoms with Gasteiger partial charge in [0.25, 0.3) is 0 Å². The van der Waals surface area contributed by atoms with Gasteiger partial charge >= 0.3 is 0 Å². The molecule has 1 aromatic rings. The minimum atomic E-state index is 0.524. The number of anilines is 1. The van der Waals surface area contributed by atoms with Crippen LogP contribution in [0.2, 0.25) is 0 Å². The van der Waals surface area contributed by atoms with Crippen LogP contribution in [0.25, 0.3) is 0 Å². The summed E-state index contributed by atoms with van der Waals surface area (Å²) >= 11 is 0. The monoisotopic (exact) mass is 253 g/mol. The van der Waals surface area contributed by atoms with Crippen molar-refractivity contribution in [1.82, 2.24) is 0 Å². The van der Waals surface area contributed by atoms with Crippen LogP contribution in [0.15, 0.2) is 36.4 Å². The third kappa shape index (κ3) is 2.84. The Balaban J connectivity index is 2.23. The molecule has 3 atom stereocenters. The fourth-order valence-electron chi connectivity index (χ4n) is 3.27. The van der Waals surface area contributed by atoms with Gasteiger partial charge in [-0.1, -0.05) is 51.0 Å². The molecule has 1 nitrogen and oxygen atoms in total. The maximum absolute atomic E-state index is 5.44. The summed E-state index contributed by atoms with van der Waals surface area (Å²) in [4.78, 5) is 0. The van der Waals surface area contributed by atoms with E-state index < -0.39 is 0 Å². The zero-order chi connectivity index (χ0) is 13.8.